The predicted molar refractivity (Wildman–Crippen MR) is 115 cm³/mol. The lowest BCUT2D eigenvalue weighted by molar-refractivity contribution is 0.122. The molecule has 2 heterocycles. The minimum atomic E-state index is -1.30. The summed E-state index contributed by atoms with van der Waals surface area (Å²) in [7, 11) is 1.70. The van der Waals surface area contributed by atoms with E-state index in [0.717, 1.165) is 61.0 Å². The van der Waals surface area contributed by atoms with Gasteiger partial charge in [0.2, 0.25) is 0 Å². The van der Waals surface area contributed by atoms with Crippen LogP contribution in [0.15, 0.2) is 36.4 Å². The number of carboxylic acid groups (broad SMARTS) is 1. The third-order valence-electron chi connectivity index (χ3n) is 5.87. The average Bonchev–Trinajstić information content (AvgIpc) is 2.72. The van der Waals surface area contributed by atoms with Gasteiger partial charge >= 0.3 is 6.16 Å². The summed E-state index contributed by atoms with van der Waals surface area (Å²) in [5.41, 5.74) is 4.24. The molecule has 2 aromatic rings. The number of rotatable bonds is 4. The van der Waals surface area contributed by atoms with Gasteiger partial charge in [0.25, 0.3) is 0 Å². The molecule has 30 heavy (non-hydrogen) atoms. The molecule has 1 unspecified atom stereocenters. The van der Waals surface area contributed by atoms with E-state index in [9.17, 15) is 4.79 Å². The SMILES string of the molecule is COc1cc(C2Nc3ccc(OC(=O)O)cc3CC2(C)C)cc(N2CCOCC2)c1. The van der Waals surface area contributed by atoms with Gasteiger partial charge in [-0.05, 0) is 53.3 Å². The van der Waals surface area contributed by atoms with E-state index in [1.54, 1.807) is 19.2 Å². The zero-order valence-corrected chi connectivity index (χ0v) is 17.6. The molecule has 0 amide bonds. The summed E-state index contributed by atoms with van der Waals surface area (Å²) < 4.78 is 15.9. The second-order valence-corrected chi connectivity index (χ2v) is 8.49. The van der Waals surface area contributed by atoms with E-state index in [4.69, 9.17) is 19.3 Å². The van der Waals surface area contributed by atoms with Crippen LogP contribution in [0, 0.1) is 5.41 Å². The second-order valence-electron chi connectivity index (χ2n) is 8.49. The molecule has 0 saturated carbocycles. The Morgan fingerprint density at radius 3 is 2.63 bits per heavy atom. The maximum absolute atomic E-state index is 10.9. The monoisotopic (exact) mass is 412 g/mol. The molecule has 0 bridgehead atoms. The highest BCUT2D eigenvalue weighted by Crippen LogP contribution is 2.46. The molecule has 4 rings (SSSR count). The van der Waals surface area contributed by atoms with E-state index in [1.807, 2.05) is 6.07 Å². The third kappa shape index (κ3) is 4.16. The summed E-state index contributed by atoms with van der Waals surface area (Å²) in [6.07, 6.45) is -0.510. The lowest BCUT2D eigenvalue weighted by atomic mass is 9.73. The minimum absolute atomic E-state index is 0.0751. The van der Waals surface area contributed by atoms with Crippen LogP contribution in [0.3, 0.4) is 0 Å². The van der Waals surface area contributed by atoms with Crippen LogP contribution in [-0.4, -0.2) is 44.7 Å². The highest BCUT2D eigenvalue weighted by Gasteiger charge is 2.36. The van der Waals surface area contributed by atoms with Crippen LogP contribution in [0.25, 0.3) is 0 Å². The fourth-order valence-corrected chi connectivity index (χ4v) is 4.39. The molecule has 0 radical (unpaired) electrons. The van der Waals surface area contributed by atoms with Crippen LogP contribution in [-0.2, 0) is 11.2 Å². The lowest BCUT2D eigenvalue weighted by Crippen LogP contribution is -2.37. The zero-order valence-electron chi connectivity index (χ0n) is 17.6. The standard InChI is InChI=1S/C23H28N2O5/c1-23(2)14-16-12-18(30-22(26)27)4-5-20(16)24-21(23)15-10-17(13-19(11-15)28-3)25-6-8-29-9-7-25/h4-5,10-13,21,24H,6-9,14H2,1-3H3,(H,26,27). The van der Waals surface area contributed by atoms with Crippen LogP contribution < -0.4 is 19.7 Å². The van der Waals surface area contributed by atoms with Crippen molar-refractivity contribution in [2.75, 3.05) is 43.6 Å². The summed E-state index contributed by atoms with van der Waals surface area (Å²) in [6.45, 7) is 7.62. The van der Waals surface area contributed by atoms with Gasteiger partial charge in [0.15, 0.2) is 0 Å². The number of morpholine rings is 1. The quantitative estimate of drug-likeness (QED) is 0.572. The number of fused-ring (bicyclic) bond motifs is 1. The maximum Gasteiger partial charge on any atom is 0.511 e. The van der Waals surface area contributed by atoms with Gasteiger partial charge < -0.3 is 29.5 Å². The summed E-state index contributed by atoms with van der Waals surface area (Å²) >= 11 is 0. The first-order valence-electron chi connectivity index (χ1n) is 10.2. The van der Waals surface area contributed by atoms with E-state index in [1.165, 1.54) is 0 Å². The van der Waals surface area contributed by atoms with E-state index >= 15 is 0 Å². The fraction of sp³-hybridized carbons (Fsp3) is 0.435. The summed E-state index contributed by atoms with van der Waals surface area (Å²) in [6, 6.07) is 11.9. The topological polar surface area (TPSA) is 80.3 Å². The number of hydrogen-bond acceptors (Lipinski definition) is 6. The van der Waals surface area contributed by atoms with Crippen LogP contribution in [0.1, 0.15) is 31.0 Å². The first-order chi connectivity index (χ1) is 14.4. The lowest BCUT2D eigenvalue weighted by Gasteiger charge is -2.42. The molecule has 7 heteroatoms. The summed E-state index contributed by atoms with van der Waals surface area (Å²) in [5, 5.41) is 12.5. The van der Waals surface area contributed by atoms with Crippen molar-refractivity contribution in [3.63, 3.8) is 0 Å². The first-order valence-corrected chi connectivity index (χ1v) is 10.2. The van der Waals surface area contributed by atoms with Crippen molar-refractivity contribution in [3.05, 3.63) is 47.5 Å². The molecule has 1 saturated heterocycles. The van der Waals surface area contributed by atoms with Crippen molar-refractivity contribution in [2.45, 2.75) is 26.3 Å². The number of carbonyl (C=O) groups is 1. The molecule has 1 atom stereocenters. The van der Waals surface area contributed by atoms with Crippen LogP contribution in [0.4, 0.5) is 16.2 Å². The highest BCUT2D eigenvalue weighted by molar-refractivity contribution is 5.65. The molecule has 0 aliphatic carbocycles. The van der Waals surface area contributed by atoms with E-state index < -0.39 is 6.16 Å². The molecule has 7 nitrogen and oxygen atoms in total. The summed E-state index contributed by atoms with van der Waals surface area (Å²) in [4.78, 5) is 13.2. The van der Waals surface area contributed by atoms with Gasteiger partial charge in [-0.15, -0.1) is 0 Å². The average molecular weight is 412 g/mol. The number of hydrogen-bond donors (Lipinski definition) is 2. The van der Waals surface area contributed by atoms with Crippen LogP contribution in [0.2, 0.25) is 0 Å². The molecule has 2 aliphatic heterocycles. The molecule has 2 aromatic carbocycles. The van der Waals surface area contributed by atoms with Crippen molar-refractivity contribution in [1.82, 2.24) is 0 Å². The number of benzene rings is 2. The van der Waals surface area contributed by atoms with Crippen molar-refractivity contribution in [1.29, 1.82) is 0 Å². The zero-order chi connectivity index (χ0) is 21.3. The van der Waals surface area contributed by atoms with Crippen molar-refractivity contribution in [2.24, 2.45) is 5.41 Å². The Labute approximate surface area is 176 Å². The predicted octanol–water partition coefficient (Wildman–Crippen LogP) is 4.32. The van der Waals surface area contributed by atoms with Gasteiger partial charge in [0.1, 0.15) is 11.5 Å². The fourth-order valence-electron chi connectivity index (χ4n) is 4.39. The van der Waals surface area contributed by atoms with Gasteiger partial charge in [-0.1, -0.05) is 13.8 Å². The normalized spacial score (nSPS) is 20.1. The Balaban J connectivity index is 1.67. The van der Waals surface area contributed by atoms with Crippen molar-refractivity contribution >= 4 is 17.5 Å². The minimum Gasteiger partial charge on any atom is -0.497 e. The smallest absolute Gasteiger partial charge is 0.497 e. The third-order valence-corrected chi connectivity index (χ3v) is 5.87. The Bertz CT molecular complexity index is 937. The molecule has 0 spiro atoms. The maximum atomic E-state index is 10.9. The molecule has 1 fully saturated rings. The molecule has 160 valence electrons. The van der Waals surface area contributed by atoms with Crippen LogP contribution >= 0.6 is 0 Å². The van der Waals surface area contributed by atoms with E-state index in [2.05, 4.69) is 42.3 Å². The van der Waals surface area contributed by atoms with Gasteiger partial charge in [0.05, 0.1) is 26.4 Å². The van der Waals surface area contributed by atoms with Crippen molar-refractivity contribution in [3.8, 4) is 11.5 Å². The Kier molecular flexibility index (Phi) is 5.47. The van der Waals surface area contributed by atoms with Gasteiger partial charge in [-0.3, -0.25) is 0 Å². The van der Waals surface area contributed by atoms with Crippen molar-refractivity contribution < 1.29 is 24.1 Å². The van der Waals surface area contributed by atoms with E-state index in [0.29, 0.717) is 5.75 Å². The number of nitrogens with one attached hydrogen (secondary N) is 1. The highest BCUT2D eigenvalue weighted by atomic mass is 16.7. The number of ether oxygens (including phenoxy) is 3. The van der Waals surface area contributed by atoms with Gasteiger partial charge in [-0.25, -0.2) is 4.79 Å². The van der Waals surface area contributed by atoms with Gasteiger partial charge in [-0.2, -0.15) is 0 Å². The molecular formula is C23H28N2O5. The number of nitrogens with zero attached hydrogens (tertiary/aromatic N) is 1. The summed E-state index contributed by atoms with van der Waals surface area (Å²) in [5.74, 6) is 1.18. The molecule has 2 N–H and O–H groups in total. The molecular weight excluding hydrogens is 384 g/mol. The second kappa shape index (κ2) is 8.07. The number of anilines is 2. The Morgan fingerprint density at radius 2 is 1.93 bits per heavy atom. The Hall–Kier alpha value is -2.93. The largest absolute Gasteiger partial charge is 0.511 e. The van der Waals surface area contributed by atoms with Crippen LogP contribution in [0.5, 0.6) is 11.5 Å². The molecule has 2 aliphatic rings. The first kappa shape index (κ1) is 20.3. The van der Waals surface area contributed by atoms with E-state index in [-0.39, 0.29) is 11.5 Å². The van der Waals surface area contributed by atoms with Gasteiger partial charge in [0, 0.05) is 30.5 Å². The molecule has 0 aromatic heterocycles. The Morgan fingerprint density at radius 1 is 1.17 bits per heavy atom. The number of methoxy groups -OCH3 is 1.